The molecule has 1 aromatic rings. The molecule has 4 nitrogen and oxygen atoms in total. The SMILES string of the molecule is CCC(NC(C)C(=O)O)c1ccco1. The summed E-state index contributed by atoms with van der Waals surface area (Å²) >= 11 is 0. The summed E-state index contributed by atoms with van der Waals surface area (Å²) in [5, 5.41) is 11.7. The van der Waals surface area contributed by atoms with Gasteiger partial charge in [-0.15, -0.1) is 0 Å². The molecule has 14 heavy (non-hydrogen) atoms. The highest BCUT2D eigenvalue weighted by Gasteiger charge is 2.18. The van der Waals surface area contributed by atoms with Gasteiger partial charge >= 0.3 is 5.97 Å². The molecule has 2 N–H and O–H groups in total. The molecule has 0 saturated heterocycles. The van der Waals surface area contributed by atoms with Crippen molar-refractivity contribution in [3.8, 4) is 0 Å². The first-order valence-electron chi connectivity index (χ1n) is 4.67. The first-order chi connectivity index (χ1) is 6.65. The lowest BCUT2D eigenvalue weighted by molar-refractivity contribution is -0.139. The van der Waals surface area contributed by atoms with Gasteiger partial charge in [0, 0.05) is 0 Å². The Hall–Kier alpha value is -1.29. The Morgan fingerprint density at radius 3 is 2.86 bits per heavy atom. The molecule has 0 aliphatic rings. The van der Waals surface area contributed by atoms with E-state index >= 15 is 0 Å². The van der Waals surface area contributed by atoms with E-state index in [1.54, 1.807) is 19.3 Å². The fourth-order valence-electron chi connectivity index (χ4n) is 1.26. The van der Waals surface area contributed by atoms with Crippen molar-refractivity contribution in [3.63, 3.8) is 0 Å². The van der Waals surface area contributed by atoms with Gasteiger partial charge in [-0.25, -0.2) is 0 Å². The van der Waals surface area contributed by atoms with E-state index in [1.807, 2.05) is 13.0 Å². The van der Waals surface area contributed by atoms with Crippen LogP contribution in [0.25, 0.3) is 0 Å². The van der Waals surface area contributed by atoms with Crippen LogP contribution in [0.5, 0.6) is 0 Å². The molecule has 0 aliphatic heterocycles. The molecule has 0 aliphatic carbocycles. The smallest absolute Gasteiger partial charge is 0.320 e. The van der Waals surface area contributed by atoms with Gasteiger partial charge in [0.2, 0.25) is 0 Å². The van der Waals surface area contributed by atoms with E-state index in [4.69, 9.17) is 9.52 Å². The van der Waals surface area contributed by atoms with Gasteiger partial charge in [-0.05, 0) is 25.5 Å². The van der Waals surface area contributed by atoms with Crippen molar-refractivity contribution in [1.29, 1.82) is 0 Å². The van der Waals surface area contributed by atoms with Crippen LogP contribution in [0.2, 0.25) is 0 Å². The van der Waals surface area contributed by atoms with Crippen molar-refractivity contribution in [2.45, 2.75) is 32.4 Å². The van der Waals surface area contributed by atoms with Crippen molar-refractivity contribution < 1.29 is 14.3 Å². The molecule has 1 rings (SSSR count). The monoisotopic (exact) mass is 197 g/mol. The molecule has 0 saturated carbocycles. The molecule has 2 unspecified atom stereocenters. The maximum atomic E-state index is 10.6. The van der Waals surface area contributed by atoms with E-state index in [0.717, 1.165) is 12.2 Å². The summed E-state index contributed by atoms with van der Waals surface area (Å²) < 4.78 is 5.21. The number of rotatable bonds is 5. The van der Waals surface area contributed by atoms with E-state index in [9.17, 15) is 4.79 Å². The molecule has 0 bridgehead atoms. The lowest BCUT2D eigenvalue weighted by atomic mass is 10.1. The summed E-state index contributed by atoms with van der Waals surface area (Å²) in [6, 6.07) is 3.04. The molecule has 0 radical (unpaired) electrons. The molecule has 4 heteroatoms. The van der Waals surface area contributed by atoms with Gasteiger partial charge in [-0.1, -0.05) is 6.92 Å². The van der Waals surface area contributed by atoms with Crippen molar-refractivity contribution in [2.24, 2.45) is 0 Å². The Bertz CT molecular complexity index is 282. The summed E-state index contributed by atoms with van der Waals surface area (Å²) in [5.74, 6) is -0.0735. The van der Waals surface area contributed by atoms with Gasteiger partial charge in [-0.3, -0.25) is 10.1 Å². The van der Waals surface area contributed by atoms with Crippen LogP contribution in [0, 0.1) is 0 Å². The van der Waals surface area contributed by atoms with Gasteiger partial charge < -0.3 is 9.52 Å². The minimum atomic E-state index is -0.852. The van der Waals surface area contributed by atoms with Gasteiger partial charge in [-0.2, -0.15) is 0 Å². The summed E-state index contributed by atoms with van der Waals surface area (Å²) in [6.45, 7) is 3.60. The average Bonchev–Trinajstić information content (AvgIpc) is 2.66. The molecule has 1 aromatic heterocycles. The van der Waals surface area contributed by atoms with Crippen LogP contribution in [0.4, 0.5) is 0 Å². The molecule has 78 valence electrons. The predicted octanol–water partition coefficient (Wildman–Crippen LogP) is 1.79. The van der Waals surface area contributed by atoms with Crippen LogP contribution in [0.3, 0.4) is 0 Å². The normalized spacial score (nSPS) is 15.0. The van der Waals surface area contributed by atoms with Crippen molar-refractivity contribution in [2.75, 3.05) is 0 Å². The summed E-state index contributed by atoms with van der Waals surface area (Å²) in [6.07, 6.45) is 2.39. The lowest BCUT2D eigenvalue weighted by Gasteiger charge is -2.17. The van der Waals surface area contributed by atoms with Crippen LogP contribution < -0.4 is 5.32 Å². The highest BCUT2D eigenvalue weighted by atomic mass is 16.4. The molecule has 0 aromatic carbocycles. The van der Waals surface area contributed by atoms with E-state index in [1.165, 1.54) is 0 Å². The van der Waals surface area contributed by atoms with Gasteiger partial charge in [0.15, 0.2) is 0 Å². The highest BCUT2D eigenvalue weighted by molar-refractivity contribution is 5.72. The maximum absolute atomic E-state index is 10.6. The molecule has 0 spiro atoms. The van der Waals surface area contributed by atoms with E-state index in [0.29, 0.717) is 0 Å². The average molecular weight is 197 g/mol. The fraction of sp³-hybridized carbons (Fsp3) is 0.500. The summed E-state index contributed by atoms with van der Waals surface area (Å²) in [5.41, 5.74) is 0. The third-order valence-electron chi connectivity index (χ3n) is 2.12. The number of aliphatic carboxylic acids is 1. The van der Waals surface area contributed by atoms with Crippen molar-refractivity contribution in [1.82, 2.24) is 5.32 Å². The van der Waals surface area contributed by atoms with Crippen LogP contribution in [-0.4, -0.2) is 17.1 Å². The number of furan rings is 1. The highest BCUT2D eigenvalue weighted by Crippen LogP contribution is 2.17. The second-order valence-corrected chi connectivity index (χ2v) is 3.20. The maximum Gasteiger partial charge on any atom is 0.320 e. The number of carbonyl (C=O) groups is 1. The second-order valence-electron chi connectivity index (χ2n) is 3.20. The number of hydrogen-bond donors (Lipinski definition) is 2. The Morgan fingerprint density at radius 2 is 2.43 bits per heavy atom. The van der Waals surface area contributed by atoms with Gasteiger partial charge in [0.1, 0.15) is 11.8 Å². The number of carboxylic acid groups (broad SMARTS) is 1. The standard InChI is InChI=1S/C10H15NO3/c1-3-8(9-5-4-6-14-9)11-7(2)10(12)13/h4-8,11H,3H2,1-2H3,(H,12,13). The minimum Gasteiger partial charge on any atom is -0.480 e. The predicted molar refractivity (Wildman–Crippen MR) is 52.0 cm³/mol. The molecule has 0 fully saturated rings. The molecule has 1 heterocycles. The second kappa shape index (κ2) is 4.81. The lowest BCUT2D eigenvalue weighted by Crippen LogP contribution is -2.36. The summed E-state index contributed by atoms with van der Waals surface area (Å²) in [7, 11) is 0. The molecular formula is C10H15NO3. The third-order valence-corrected chi connectivity index (χ3v) is 2.12. The quantitative estimate of drug-likeness (QED) is 0.755. The van der Waals surface area contributed by atoms with E-state index in [2.05, 4.69) is 5.32 Å². The first kappa shape index (κ1) is 10.8. The van der Waals surface area contributed by atoms with Crippen LogP contribution in [0.1, 0.15) is 32.1 Å². The molecular weight excluding hydrogens is 182 g/mol. The molecule has 0 amide bonds. The number of carboxylic acids is 1. The zero-order chi connectivity index (χ0) is 10.6. The van der Waals surface area contributed by atoms with Crippen molar-refractivity contribution in [3.05, 3.63) is 24.2 Å². The fourth-order valence-corrected chi connectivity index (χ4v) is 1.26. The van der Waals surface area contributed by atoms with Gasteiger partial charge in [0.25, 0.3) is 0 Å². The zero-order valence-electron chi connectivity index (χ0n) is 8.36. The Morgan fingerprint density at radius 1 is 1.71 bits per heavy atom. The minimum absolute atomic E-state index is 0.0314. The van der Waals surface area contributed by atoms with Crippen LogP contribution in [-0.2, 0) is 4.79 Å². The zero-order valence-corrected chi connectivity index (χ0v) is 8.36. The number of hydrogen-bond acceptors (Lipinski definition) is 3. The Labute approximate surface area is 82.9 Å². The first-order valence-corrected chi connectivity index (χ1v) is 4.67. The Balaban J connectivity index is 2.60. The largest absolute Gasteiger partial charge is 0.480 e. The number of nitrogens with one attached hydrogen (secondary N) is 1. The van der Waals surface area contributed by atoms with Crippen LogP contribution in [0.15, 0.2) is 22.8 Å². The van der Waals surface area contributed by atoms with E-state index in [-0.39, 0.29) is 6.04 Å². The Kier molecular flexibility index (Phi) is 3.71. The third kappa shape index (κ3) is 2.60. The topological polar surface area (TPSA) is 62.5 Å². The van der Waals surface area contributed by atoms with Crippen molar-refractivity contribution >= 4 is 5.97 Å². The van der Waals surface area contributed by atoms with Crippen LogP contribution >= 0.6 is 0 Å². The summed E-state index contributed by atoms with van der Waals surface area (Å²) in [4.78, 5) is 10.6. The van der Waals surface area contributed by atoms with Gasteiger partial charge in [0.05, 0.1) is 12.3 Å². The van der Waals surface area contributed by atoms with E-state index < -0.39 is 12.0 Å². The molecule has 2 atom stereocenters.